The molecule has 0 radical (unpaired) electrons. The lowest BCUT2D eigenvalue weighted by Crippen LogP contribution is -2.60. The Balaban J connectivity index is 2.13. The van der Waals surface area contributed by atoms with Gasteiger partial charge in [0, 0.05) is 18.1 Å². The molecule has 3 aromatic rings. The first kappa shape index (κ1) is 18.8. The third-order valence-corrected chi connectivity index (χ3v) is 5.27. The fourth-order valence-corrected chi connectivity index (χ4v) is 3.92. The molecule has 1 N–H and O–H groups in total. The monoisotopic (exact) mass is 410 g/mol. The summed E-state index contributed by atoms with van der Waals surface area (Å²) in [7, 11) is 0. The lowest BCUT2D eigenvalue weighted by Gasteiger charge is -2.31. The van der Waals surface area contributed by atoms with Crippen LogP contribution in [0.25, 0.3) is 11.3 Å². The van der Waals surface area contributed by atoms with Crippen molar-refractivity contribution in [2.75, 3.05) is 11.2 Å². The molecule has 2 aromatic carbocycles. The molecule has 1 aliphatic heterocycles. The average molecular weight is 410 g/mol. The van der Waals surface area contributed by atoms with E-state index in [-0.39, 0.29) is 28.4 Å². The van der Waals surface area contributed by atoms with Gasteiger partial charge in [-0.2, -0.15) is 0 Å². The minimum Gasteiger partial charge on any atom is -0.291 e. The number of thioether (sulfide) groups is 1. The molecule has 9 nitrogen and oxygen atoms in total. The molecule has 0 saturated heterocycles. The van der Waals surface area contributed by atoms with Crippen LogP contribution in [0.1, 0.15) is 18.7 Å². The van der Waals surface area contributed by atoms with Crippen molar-refractivity contribution >= 4 is 29.0 Å². The predicted octanol–water partition coefficient (Wildman–Crippen LogP) is 2.27. The number of hydrogen-bond acceptors (Lipinski definition) is 6. The molecular weight excluding hydrogens is 394 g/mol. The van der Waals surface area contributed by atoms with Gasteiger partial charge < -0.3 is 0 Å². The van der Waals surface area contributed by atoms with Crippen molar-refractivity contribution in [1.29, 1.82) is 0 Å². The van der Waals surface area contributed by atoms with Gasteiger partial charge in [0.1, 0.15) is 5.56 Å². The summed E-state index contributed by atoms with van der Waals surface area (Å²) >= 11 is 1.23. The van der Waals surface area contributed by atoms with Crippen molar-refractivity contribution in [3.63, 3.8) is 0 Å². The Morgan fingerprint density at radius 2 is 1.93 bits per heavy atom. The van der Waals surface area contributed by atoms with Gasteiger partial charge in [0.15, 0.2) is 0 Å². The second-order valence-corrected chi connectivity index (χ2v) is 7.15. The van der Waals surface area contributed by atoms with Crippen LogP contribution in [0.3, 0.4) is 0 Å². The quantitative estimate of drug-likeness (QED) is 0.307. The third kappa shape index (κ3) is 2.97. The normalized spacial score (nSPS) is 14.8. The lowest BCUT2D eigenvalue weighted by atomic mass is 10.0. The summed E-state index contributed by atoms with van der Waals surface area (Å²) < 4.78 is 1.40. The summed E-state index contributed by atoms with van der Waals surface area (Å²) in [5, 5.41) is 16.5. The zero-order valence-electron chi connectivity index (χ0n) is 15.5. The summed E-state index contributed by atoms with van der Waals surface area (Å²) in [5.41, 5.74) is 0.974. The number of rotatable bonds is 3. The maximum Gasteiger partial charge on any atom is 0.325 e. The second-order valence-electron chi connectivity index (χ2n) is 6.35. The molecule has 0 unspecified atom stereocenters. The standard InChI is InChI=1S/C19H15N5O4S/c1-11(25)22-14-9-5-3-7-12(14)16-17(26)20-19(29-2)21-23(16)18(22)13-8-4-6-10-15(13)24(27)28/h3-10,18H,1-2H3/p+1/t18-/m1/s1. The molecule has 2 heterocycles. The van der Waals surface area contributed by atoms with Gasteiger partial charge in [-0.15, -0.1) is 0 Å². The Labute approximate surface area is 169 Å². The van der Waals surface area contributed by atoms with Gasteiger partial charge in [-0.25, -0.2) is 4.90 Å². The number of nitro groups is 1. The SMILES string of the molecule is CSc1n[n+]2c(c(=O)[nH]1)-c1ccccc1N(C(C)=O)[C@H]2c1ccccc1[N+](=O)[O-]. The van der Waals surface area contributed by atoms with E-state index in [9.17, 15) is 19.7 Å². The number of carbonyl (C=O) groups excluding carboxylic acids is 1. The molecular formula is C19H16N5O4S+. The van der Waals surface area contributed by atoms with Crippen molar-refractivity contribution in [3.05, 3.63) is 74.6 Å². The smallest absolute Gasteiger partial charge is 0.291 e. The summed E-state index contributed by atoms with van der Waals surface area (Å²) in [4.78, 5) is 40.9. The first-order chi connectivity index (χ1) is 13.9. The van der Waals surface area contributed by atoms with Gasteiger partial charge in [0.2, 0.25) is 11.1 Å². The molecule has 1 atom stereocenters. The molecule has 10 heteroatoms. The van der Waals surface area contributed by atoms with E-state index in [4.69, 9.17) is 0 Å². The van der Waals surface area contributed by atoms with E-state index in [2.05, 4.69) is 10.1 Å². The van der Waals surface area contributed by atoms with Crippen LogP contribution >= 0.6 is 11.8 Å². The van der Waals surface area contributed by atoms with Crippen LogP contribution in [0.2, 0.25) is 0 Å². The average Bonchev–Trinajstić information content (AvgIpc) is 2.71. The number of fused-ring (bicyclic) bond motifs is 3. The summed E-state index contributed by atoms with van der Waals surface area (Å²) in [6.07, 6.45) is 0.775. The lowest BCUT2D eigenvalue weighted by molar-refractivity contribution is -0.763. The Morgan fingerprint density at radius 3 is 2.62 bits per heavy atom. The molecule has 29 heavy (non-hydrogen) atoms. The zero-order valence-corrected chi connectivity index (χ0v) is 16.3. The first-order valence-electron chi connectivity index (χ1n) is 8.66. The van der Waals surface area contributed by atoms with Crippen molar-refractivity contribution in [2.45, 2.75) is 18.2 Å². The van der Waals surface area contributed by atoms with Crippen LogP contribution in [-0.4, -0.2) is 27.2 Å². The molecule has 1 amide bonds. The second kappa shape index (κ2) is 7.13. The van der Waals surface area contributed by atoms with Crippen LogP contribution in [0, 0.1) is 10.1 Å². The molecule has 0 saturated carbocycles. The number of para-hydroxylation sites is 2. The Kier molecular flexibility index (Phi) is 4.63. The fourth-order valence-electron chi connectivity index (χ4n) is 3.56. The number of hydrogen-bond donors (Lipinski definition) is 1. The van der Waals surface area contributed by atoms with Gasteiger partial charge in [0.25, 0.3) is 11.9 Å². The molecule has 4 rings (SSSR count). The van der Waals surface area contributed by atoms with Crippen molar-refractivity contribution < 1.29 is 14.4 Å². The van der Waals surface area contributed by atoms with Crippen molar-refractivity contribution in [2.24, 2.45) is 0 Å². The number of carbonyl (C=O) groups is 1. The molecule has 1 aromatic heterocycles. The number of H-pyrrole nitrogens is 1. The topological polar surface area (TPSA) is 113 Å². The molecule has 0 fully saturated rings. The highest BCUT2D eigenvalue weighted by Gasteiger charge is 2.47. The zero-order chi connectivity index (χ0) is 20.7. The van der Waals surface area contributed by atoms with Crippen LogP contribution in [0.5, 0.6) is 0 Å². The van der Waals surface area contributed by atoms with Crippen molar-refractivity contribution in [3.8, 4) is 11.3 Å². The van der Waals surface area contributed by atoms with Crippen LogP contribution in [-0.2, 0) is 4.79 Å². The van der Waals surface area contributed by atoms with E-state index in [0.29, 0.717) is 16.4 Å². The number of amides is 1. The number of nitro benzene ring substituents is 1. The Bertz CT molecular complexity index is 1210. The number of aromatic amines is 1. The van der Waals surface area contributed by atoms with E-state index in [1.54, 1.807) is 48.7 Å². The number of nitrogens with zero attached hydrogens (tertiary/aromatic N) is 4. The van der Waals surface area contributed by atoms with E-state index < -0.39 is 11.1 Å². The number of benzene rings is 2. The third-order valence-electron chi connectivity index (χ3n) is 4.70. The summed E-state index contributed by atoms with van der Waals surface area (Å²) in [6.45, 7) is 1.38. The number of anilines is 1. The molecule has 0 spiro atoms. The predicted molar refractivity (Wildman–Crippen MR) is 107 cm³/mol. The fraction of sp³-hybridized carbons (Fsp3) is 0.158. The van der Waals surface area contributed by atoms with E-state index in [1.807, 2.05) is 0 Å². The number of nitrogens with one attached hydrogen (secondary N) is 1. The van der Waals surface area contributed by atoms with Crippen LogP contribution in [0.4, 0.5) is 11.4 Å². The maximum absolute atomic E-state index is 12.9. The van der Waals surface area contributed by atoms with Crippen LogP contribution < -0.4 is 15.1 Å². The Morgan fingerprint density at radius 1 is 1.24 bits per heavy atom. The van der Waals surface area contributed by atoms with Gasteiger partial charge in [-0.1, -0.05) is 36.0 Å². The van der Waals surface area contributed by atoms with E-state index in [0.717, 1.165) is 0 Å². The van der Waals surface area contributed by atoms with E-state index >= 15 is 0 Å². The molecule has 1 aliphatic rings. The highest BCUT2D eigenvalue weighted by molar-refractivity contribution is 7.98. The number of aromatic nitrogens is 3. The summed E-state index contributed by atoms with van der Waals surface area (Å²) in [6, 6.07) is 13.1. The highest BCUT2D eigenvalue weighted by Crippen LogP contribution is 2.39. The summed E-state index contributed by atoms with van der Waals surface area (Å²) in [5.74, 6) is -0.327. The van der Waals surface area contributed by atoms with Gasteiger partial charge >= 0.3 is 11.3 Å². The largest absolute Gasteiger partial charge is 0.325 e. The minimum absolute atomic E-state index is 0.158. The first-order valence-corrected chi connectivity index (χ1v) is 9.89. The molecule has 0 bridgehead atoms. The van der Waals surface area contributed by atoms with Crippen molar-refractivity contribution in [1.82, 2.24) is 10.1 Å². The van der Waals surface area contributed by atoms with Gasteiger partial charge in [-0.3, -0.25) is 24.7 Å². The molecule has 0 aliphatic carbocycles. The highest BCUT2D eigenvalue weighted by atomic mass is 32.2. The molecule has 146 valence electrons. The van der Waals surface area contributed by atoms with E-state index in [1.165, 1.54) is 34.3 Å². The van der Waals surface area contributed by atoms with Gasteiger partial charge in [0.05, 0.1) is 16.2 Å². The Hall–Kier alpha value is -3.53. The van der Waals surface area contributed by atoms with Gasteiger partial charge in [-0.05, 0) is 29.1 Å². The van der Waals surface area contributed by atoms with Crippen LogP contribution in [0.15, 0.2) is 58.5 Å². The minimum atomic E-state index is -0.979. The maximum atomic E-state index is 12.9.